The lowest BCUT2D eigenvalue weighted by atomic mass is 10.1. The number of nitrogens with zero attached hydrogens (tertiary/aromatic N) is 2. The molecule has 2 aromatic rings. The van der Waals surface area contributed by atoms with E-state index in [1.165, 1.54) is 0 Å². The molecule has 1 heterocycles. The van der Waals surface area contributed by atoms with Crippen LogP contribution in [-0.4, -0.2) is 23.6 Å². The number of halogens is 1. The molecule has 0 saturated carbocycles. The second-order valence-electron chi connectivity index (χ2n) is 4.54. The molecule has 0 fully saturated rings. The molecule has 0 bridgehead atoms. The molecule has 1 N–H and O–H groups in total. The molecule has 0 aliphatic heterocycles. The highest BCUT2D eigenvalue weighted by Crippen LogP contribution is 2.29. The van der Waals surface area contributed by atoms with Crippen molar-refractivity contribution in [3.05, 3.63) is 51.9 Å². The highest BCUT2D eigenvalue weighted by molar-refractivity contribution is 9.10. The van der Waals surface area contributed by atoms with E-state index in [0.29, 0.717) is 12.4 Å². The van der Waals surface area contributed by atoms with Crippen LogP contribution in [0.4, 0.5) is 5.82 Å². The molecule has 2 rings (SSSR count). The van der Waals surface area contributed by atoms with Crippen molar-refractivity contribution in [2.24, 2.45) is 0 Å². The van der Waals surface area contributed by atoms with E-state index < -0.39 is 0 Å². The average molecular weight is 350 g/mol. The fraction of sp³-hybridized carbons (Fsp3) is 0.375. The van der Waals surface area contributed by atoms with Gasteiger partial charge in [0.25, 0.3) is 0 Å². The normalized spacial score (nSPS) is 12.2. The SMILES string of the molecule is CCOC(c1ccccc1)c1nc(CC)c(Br)c(NC)n1. The zero-order chi connectivity index (χ0) is 15.2. The minimum Gasteiger partial charge on any atom is -0.372 e. The summed E-state index contributed by atoms with van der Waals surface area (Å²) < 4.78 is 6.80. The van der Waals surface area contributed by atoms with Crippen molar-refractivity contribution in [2.45, 2.75) is 26.4 Å². The third-order valence-corrected chi connectivity index (χ3v) is 4.01. The molecule has 112 valence electrons. The summed E-state index contributed by atoms with van der Waals surface area (Å²) in [6.07, 6.45) is 0.583. The third-order valence-electron chi connectivity index (χ3n) is 3.18. The molecular formula is C16H20BrN3O. The van der Waals surface area contributed by atoms with Crippen LogP contribution in [0.15, 0.2) is 34.8 Å². The number of aromatic nitrogens is 2. The maximum atomic E-state index is 5.88. The fourth-order valence-corrected chi connectivity index (χ4v) is 2.80. The van der Waals surface area contributed by atoms with E-state index in [-0.39, 0.29) is 6.10 Å². The minimum atomic E-state index is -0.248. The summed E-state index contributed by atoms with van der Waals surface area (Å²) in [5.74, 6) is 1.48. The van der Waals surface area contributed by atoms with Gasteiger partial charge in [-0.25, -0.2) is 9.97 Å². The Morgan fingerprint density at radius 3 is 2.48 bits per heavy atom. The van der Waals surface area contributed by atoms with Crippen molar-refractivity contribution < 1.29 is 4.74 Å². The van der Waals surface area contributed by atoms with Gasteiger partial charge in [0.05, 0.1) is 10.2 Å². The lowest BCUT2D eigenvalue weighted by Gasteiger charge is -2.18. The molecular weight excluding hydrogens is 330 g/mol. The first-order valence-electron chi connectivity index (χ1n) is 7.11. The number of ether oxygens (including phenoxy) is 1. The molecule has 5 heteroatoms. The molecule has 0 aliphatic rings. The quantitative estimate of drug-likeness (QED) is 0.856. The van der Waals surface area contributed by atoms with Gasteiger partial charge in [0.15, 0.2) is 5.82 Å². The molecule has 0 aliphatic carbocycles. The Hall–Kier alpha value is -1.46. The van der Waals surface area contributed by atoms with Crippen LogP contribution in [-0.2, 0) is 11.2 Å². The Morgan fingerprint density at radius 1 is 1.19 bits per heavy atom. The largest absolute Gasteiger partial charge is 0.372 e. The summed E-state index contributed by atoms with van der Waals surface area (Å²) in [7, 11) is 1.86. The van der Waals surface area contributed by atoms with E-state index in [1.807, 2.05) is 44.3 Å². The van der Waals surface area contributed by atoms with Gasteiger partial charge in [-0.3, -0.25) is 0 Å². The highest BCUT2D eigenvalue weighted by atomic mass is 79.9. The first kappa shape index (κ1) is 15.9. The van der Waals surface area contributed by atoms with Crippen LogP contribution in [0, 0.1) is 0 Å². The highest BCUT2D eigenvalue weighted by Gasteiger charge is 2.20. The number of hydrogen-bond acceptors (Lipinski definition) is 4. The predicted molar refractivity (Wildman–Crippen MR) is 88.6 cm³/mol. The van der Waals surface area contributed by atoms with E-state index >= 15 is 0 Å². The zero-order valence-electron chi connectivity index (χ0n) is 12.6. The van der Waals surface area contributed by atoms with Gasteiger partial charge in [-0.15, -0.1) is 0 Å². The summed E-state index contributed by atoms with van der Waals surface area (Å²) in [5, 5.41) is 3.11. The van der Waals surface area contributed by atoms with Crippen LogP contribution in [0.2, 0.25) is 0 Å². The average Bonchev–Trinajstić information content (AvgIpc) is 2.54. The molecule has 1 aromatic heterocycles. The Labute approximate surface area is 134 Å². The lowest BCUT2D eigenvalue weighted by molar-refractivity contribution is 0.0850. The summed E-state index contributed by atoms with van der Waals surface area (Å²) in [4.78, 5) is 9.27. The Balaban J connectivity index is 2.50. The van der Waals surface area contributed by atoms with Crippen molar-refractivity contribution in [2.75, 3.05) is 19.0 Å². The molecule has 4 nitrogen and oxygen atoms in total. The maximum absolute atomic E-state index is 5.88. The van der Waals surface area contributed by atoms with Crippen molar-refractivity contribution >= 4 is 21.7 Å². The predicted octanol–water partition coefficient (Wildman–Crippen LogP) is 3.97. The van der Waals surface area contributed by atoms with Crippen molar-refractivity contribution in [3.8, 4) is 0 Å². The number of benzene rings is 1. The summed E-state index contributed by atoms with van der Waals surface area (Å²) in [5.41, 5.74) is 2.04. The van der Waals surface area contributed by atoms with Crippen molar-refractivity contribution in [1.29, 1.82) is 0 Å². The van der Waals surface area contributed by atoms with Crippen LogP contribution in [0.5, 0.6) is 0 Å². The van der Waals surface area contributed by atoms with Crippen molar-refractivity contribution in [3.63, 3.8) is 0 Å². The monoisotopic (exact) mass is 349 g/mol. The zero-order valence-corrected chi connectivity index (χ0v) is 14.1. The van der Waals surface area contributed by atoms with Gasteiger partial charge < -0.3 is 10.1 Å². The van der Waals surface area contributed by atoms with Crippen LogP contribution >= 0.6 is 15.9 Å². The van der Waals surface area contributed by atoms with E-state index in [4.69, 9.17) is 4.74 Å². The second-order valence-corrected chi connectivity index (χ2v) is 5.33. The second kappa shape index (κ2) is 7.52. The van der Waals surface area contributed by atoms with E-state index in [0.717, 1.165) is 28.0 Å². The van der Waals surface area contributed by atoms with Crippen molar-refractivity contribution in [1.82, 2.24) is 9.97 Å². The summed E-state index contributed by atoms with van der Waals surface area (Å²) in [6, 6.07) is 10.1. The molecule has 1 aromatic carbocycles. The molecule has 0 saturated heterocycles. The smallest absolute Gasteiger partial charge is 0.164 e. The standard InChI is InChI=1S/C16H20BrN3O/c1-4-12-13(17)15(18-3)20-16(19-12)14(21-5-2)11-9-7-6-8-10-11/h6-10,14H,4-5H2,1-3H3,(H,18,19,20). The lowest BCUT2D eigenvalue weighted by Crippen LogP contribution is -2.13. The van der Waals surface area contributed by atoms with Gasteiger partial charge in [-0.05, 0) is 34.8 Å². The molecule has 0 spiro atoms. The Kier molecular flexibility index (Phi) is 5.70. The fourth-order valence-electron chi connectivity index (χ4n) is 2.14. The van der Waals surface area contributed by atoms with Gasteiger partial charge >= 0.3 is 0 Å². The Bertz CT molecular complexity index is 564. The maximum Gasteiger partial charge on any atom is 0.164 e. The van der Waals surface area contributed by atoms with E-state index in [2.05, 4.69) is 38.1 Å². The molecule has 1 unspecified atom stereocenters. The summed E-state index contributed by atoms with van der Waals surface area (Å²) >= 11 is 3.55. The Morgan fingerprint density at radius 2 is 1.90 bits per heavy atom. The van der Waals surface area contributed by atoms with Crippen LogP contribution in [0.25, 0.3) is 0 Å². The minimum absolute atomic E-state index is 0.248. The molecule has 0 radical (unpaired) electrons. The molecule has 0 amide bonds. The molecule has 1 atom stereocenters. The summed E-state index contributed by atoms with van der Waals surface area (Å²) in [6.45, 7) is 4.67. The molecule has 21 heavy (non-hydrogen) atoms. The van der Waals surface area contributed by atoms with Crippen LogP contribution < -0.4 is 5.32 Å². The third kappa shape index (κ3) is 3.60. The number of hydrogen-bond donors (Lipinski definition) is 1. The van der Waals surface area contributed by atoms with E-state index in [9.17, 15) is 0 Å². The van der Waals surface area contributed by atoms with Gasteiger partial charge in [0, 0.05) is 13.7 Å². The van der Waals surface area contributed by atoms with E-state index in [1.54, 1.807) is 0 Å². The van der Waals surface area contributed by atoms with Gasteiger partial charge in [-0.1, -0.05) is 37.3 Å². The first-order chi connectivity index (χ1) is 10.2. The topological polar surface area (TPSA) is 47.0 Å². The van der Waals surface area contributed by atoms with Gasteiger partial charge in [-0.2, -0.15) is 0 Å². The van der Waals surface area contributed by atoms with Gasteiger partial charge in [0.1, 0.15) is 11.9 Å². The number of anilines is 1. The van der Waals surface area contributed by atoms with Crippen LogP contribution in [0.1, 0.15) is 37.0 Å². The van der Waals surface area contributed by atoms with Crippen LogP contribution in [0.3, 0.4) is 0 Å². The van der Waals surface area contributed by atoms with Gasteiger partial charge in [0.2, 0.25) is 0 Å². The number of aryl methyl sites for hydroxylation is 1. The number of nitrogens with one attached hydrogen (secondary N) is 1. The number of rotatable bonds is 6. The first-order valence-corrected chi connectivity index (χ1v) is 7.91.